The second kappa shape index (κ2) is 6.23. The lowest BCUT2D eigenvalue weighted by Crippen LogP contribution is -2.10. The number of alkyl halides is 3. The number of rotatable bonds is 4. The van der Waals surface area contributed by atoms with Crippen LogP contribution >= 0.6 is 15.9 Å². The number of hydrogen-bond donors (Lipinski definition) is 0. The van der Waals surface area contributed by atoms with Crippen LogP contribution in [0.4, 0.5) is 13.2 Å². The second-order valence-corrected chi connectivity index (χ2v) is 7.34. The molecule has 0 radical (unpaired) electrons. The molecule has 146 valence electrons. The zero-order valence-corrected chi connectivity index (χ0v) is 15.7. The molecule has 1 aromatic carbocycles. The molecule has 1 saturated carbocycles. The van der Waals surface area contributed by atoms with Gasteiger partial charge in [-0.2, -0.15) is 18.3 Å². The van der Waals surface area contributed by atoms with Gasteiger partial charge in [-0.05, 0) is 47.0 Å². The van der Waals surface area contributed by atoms with E-state index in [1.165, 1.54) is 4.68 Å². The molecule has 2 aliphatic rings. The van der Waals surface area contributed by atoms with Gasteiger partial charge in [-0.3, -0.25) is 4.68 Å². The predicted octanol–water partition coefficient (Wildman–Crippen LogP) is 4.37. The minimum absolute atomic E-state index is 0.0157. The van der Waals surface area contributed by atoms with Gasteiger partial charge >= 0.3 is 6.18 Å². The molecule has 0 unspecified atom stereocenters. The molecule has 2 aromatic heterocycles. The molecule has 1 fully saturated rings. The molecule has 0 atom stereocenters. The lowest BCUT2D eigenvalue weighted by molar-refractivity contribution is -0.142. The van der Waals surface area contributed by atoms with Crippen LogP contribution in [-0.4, -0.2) is 26.8 Å². The Kier molecular flexibility index (Phi) is 3.90. The Balaban J connectivity index is 1.45. The minimum atomic E-state index is -4.54. The molecule has 5 rings (SSSR count). The van der Waals surface area contributed by atoms with E-state index in [4.69, 9.17) is 13.9 Å². The first-order chi connectivity index (χ1) is 13.4. The number of nitrogens with zero attached hydrogens (tertiary/aromatic N) is 4. The highest BCUT2D eigenvalue weighted by Crippen LogP contribution is 2.47. The van der Waals surface area contributed by atoms with Crippen molar-refractivity contribution in [2.75, 3.05) is 6.79 Å². The molecule has 0 bridgehead atoms. The molecule has 3 aromatic rings. The first-order valence-electron chi connectivity index (χ1n) is 8.46. The molecular formula is C17H12BrF3N4O3. The van der Waals surface area contributed by atoms with Crippen LogP contribution in [0, 0.1) is 0 Å². The van der Waals surface area contributed by atoms with Crippen molar-refractivity contribution in [2.45, 2.75) is 31.5 Å². The maximum atomic E-state index is 13.2. The fraction of sp³-hybridized carbons (Fsp3) is 0.353. The van der Waals surface area contributed by atoms with Gasteiger partial charge in [-0.1, -0.05) is 0 Å². The molecule has 0 amide bonds. The van der Waals surface area contributed by atoms with Gasteiger partial charge in [0.2, 0.25) is 18.6 Å². The van der Waals surface area contributed by atoms with E-state index in [9.17, 15) is 13.2 Å². The topological polar surface area (TPSA) is 75.2 Å². The maximum absolute atomic E-state index is 13.2. The van der Waals surface area contributed by atoms with E-state index in [2.05, 4.69) is 31.2 Å². The van der Waals surface area contributed by atoms with Crippen molar-refractivity contribution in [3.05, 3.63) is 40.0 Å². The summed E-state index contributed by atoms with van der Waals surface area (Å²) in [6, 6.07) is 5.18. The average molecular weight is 457 g/mol. The molecule has 28 heavy (non-hydrogen) atoms. The number of benzene rings is 1. The molecule has 1 aliphatic heterocycles. The van der Waals surface area contributed by atoms with Gasteiger partial charge in [0.25, 0.3) is 0 Å². The Morgan fingerprint density at radius 3 is 2.68 bits per heavy atom. The van der Waals surface area contributed by atoms with Crippen LogP contribution in [0.3, 0.4) is 0 Å². The van der Waals surface area contributed by atoms with Crippen LogP contribution in [0.2, 0.25) is 0 Å². The molecule has 7 nitrogen and oxygen atoms in total. The van der Waals surface area contributed by atoms with Crippen molar-refractivity contribution in [3.63, 3.8) is 0 Å². The van der Waals surface area contributed by atoms with E-state index in [0.29, 0.717) is 22.8 Å². The smallest absolute Gasteiger partial charge is 0.436 e. The Morgan fingerprint density at radius 2 is 1.93 bits per heavy atom. The maximum Gasteiger partial charge on any atom is 0.436 e. The quantitative estimate of drug-likeness (QED) is 0.580. The van der Waals surface area contributed by atoms with E-state index in [-0.39, 0.29) is 35.5 Å². The van der Waals surface area contributed by atoms with E-state index < -0.39 is 11.9 Å². The second-order valence-electron chi connectivity index (χ2n) is 6.55. The van der Waals surface area contributed by atoms with Crippen molar-refractivity contribution in [1.29, 1.82) is 0 Å². The van der Waals surface area contributed by atoms with Crippen LogP contribution in [0.15, 0.2) is 27.1 Å². The summed E-state index contributed by atoms with van der Waals surface area (Å²) in [5.74, 6) is 1.65. The standard InChI is InChI=1S/C17H12BrF3N4O3/c18-13-14(8-1-2-8)25(24-15(13)17(19,20)21)6-12-22-23-16(28-12)9-3-4-10-11(5-9)27-7-26-10/h3-5,8H,1-2,6-7H2. The van der Waals surface area contributed by atoms with Crippen molar-refractivity contribution >= 4 is 15.9 Å². The number of hydrogen-bond acceptors (Lipinski definition) is 6. The van der Waals surface area contributed by atoms with Crippen LogP contribution in [0.5, 0.6) is 11.5 Å². The summed E-state index contributed by atoms with van der Waals surface area (Å²) in [5.41, 5.74) is 0.197. The van der Waals surface area contributed by atoms with Crippen molar-refractivity contribution < 1.29 is 27.1 Å². The van der Waals surface area contributed by atoms with Gasteiger partial charge in [-0.25, -0.2) is 0 Å². The van der Waals surface area contributed by atoms with Crippen LogP contribution in [0.25, 0.3) is 11.5 Å². The van der Waals surface area contributed by atoms with Crippen LogP contribution in [0.1, 0.15) is 36.0 Å². The Bertz CT molecular complexity index is 1060. The highest BCUT2D eigenvalue weighted by Gasteiger charge is 2.42. The summed E-state index contributed by atoms with van der Waals surface area (Å²) in [6.07, 6.45) is -2.89. The van der Waals surface area contributed by atoms with E-state index >= 15 is 0 Å². The SMILES string of the molecule is FC(F)(F)c1nn(Cc2nnc(-c3ccc4c(c3)OCO4)o2)c(C2CC2)c1Br. The van der Waals surface area contributed by atoms with Crippen LogP contribution < -0.4 is 9.47 Å². The highest BCUT2D eigenvalue weighted by atomic mass is 79.9. The summed E-state index contributed by atoms with van der Waals surface area (Å²) in [7, 11) is 0. The summed E-state index contributed by atoms with van der Waals surface area (Å²) in [4.78, 5) is 0. The number of fused-ring (bicyclic) bond motifs is 1. The van der Waals surface area contributed by atoms with Gasteiger partial charge in [0.15, 0.2) is 17.2 Å². The van der Waals surface area contributed by atoms with Gasteiger partial charge < -0.3 is 13.9 Å². The van der Waals surface area contributed by atoms with E-state index in [1.54, 1.807) is 18.2 Å². The predicted molar refractivity (Wildman–Crippen MR) is 91.9 cm³/mol. The first-order valence-corrected chi connectivity index (χ1v) is 9.25. The fourth-order valence-corrected chi connectivity index (χ4v) is 3.93. The van der Waals surface area contributed by atoms with Crippen molar-refractivity contribution in [2.24, 2.45) is 0 Å². The molecule has 11 heteroatoms. The number of halogens is 4. The highest BCUT2D eigenvalue weighted by molar-refractivity contribution is 9.10. The zero-order valence-electron chi connectivity index (χ0n) is 14.2. The minimum Gasteiger partial charge on any atom is -0.454 e. The summed E-state index contributed by atoms with van der Waals surface area (Å²) < 4.78 is 57.2. The number of aromatic nitrogens is 4. The Hall–Kier alpha value is -2.56. The Labute approximate surface area is 164 Å². The van der Waals surface area contributed by atoms with E-state index in [0.717, 1.165) is 12.8 Å². The van der Waals surface area contributed by atoms with E-state index in [1.807, 2.05) is 0 Å². The summed E-state index contributed by atoms with van der Waals surface area (Å²) in [6.45, 7) is 0.103. The number of ether oxygens (including phenoxy) is 2. The molecule has 3 heterocycles. The molecule has 0 saturated heterocycles. The molecule has 0 spiro atoms. The lowest BCUT2D eigenvalue weighted by Gasteiger charge is -2.03. The van der Waals surface area contributed by atoms with Crippen molar-refractivity contribution in [3.8, 4) is 23.0 Å². The zero-order chi connectivity index (χ0) is 19.5. The van der Waals surface area contributed by atoms with Crippen molar-refractivity contribution in [1.82, 2.24) is 20.0 Å². The van der Waals surface area contributed by atoms with Crippen LogP contribution in [-0.2, 0) is 12.7 Å². The molecular weight excluding hydrogens is 445 g/mol. The lowest BCUT2D eigenvalue weighted by atomic mass is 10.2. The van der Waals surface area contributed by atoms with Gasteiger partial charge in [0.05, 0.1) is 10.2 Å². The fourth-order valence-electron chi connectivity index (χ4n) is 3.09. The van der Waals surface area contributed by atoms with Gasteiger partial charge in [0.1, 0.15) is 6.54 Å². The monoisotopic (exact) mass is 456 g/mol. The Morgan fingerprint density at radius 1 is 1.14 bits per heavy atom. The normalized spacial score (nSPS) is 16.0. The van der Waals surface area contributed by atoms with Gasteiger partial charge in [-0.15, -0.1) is 10.2 Å². The molecule has 0 N–H and O–H groups in total. The third kappa shape index (κ3) is 3.03. The largest absolute Gasteiger partial charge is 0.454 e. The third-order valence-electron chi connectivity index (χ3n) is 4.54. The first kappa shape index (κ1) is 17.5. The molecule has 1 aliphatic carbocycles. The average Bonchev–Trinajstić information content (AvgIpc) is 3.05. The third-order valence-corrected chi connectivity index (χ3v) is 5.32. The summed E-state index contributed by atoms with van der Waals surface area (Å²) >= 11 is 3.07. The summed E-state index contributed by atoms with van der Waals surface area (Å²) in [5, 5.41) is 11.7. The van der Waals surface area contributed by atoms with Gasteiger partial charge in [0, 0.05) is 11.5 Å².